The smallest absolute Gasteiger partial charge is 0.329 e. The van der Waals surface area contributed by atoms with E-state index in [9.17, 15) is 9.59 Å². The Hall–Kier alpha value is -1.14. The Bertz CT molecular complexity index is 292. The van der Waals surface area contributed by atoms with Gasteiger partial charge in [0.05, 0.1) is 7.11 Å². The molecule has 0 radical (unpaired) electrons. The van der Waals surface area contributed by atoms with E-state index in [0.717, 1.165) is 32.1 Å². The first kappa shape index (κ1) is 15.9. The van der Waals surface area contributed by atoms with E-state index in [-0.39, 0.29) is 5.91 Å². The molecule has 1 aliphatic rings. The van der Waals surface area contributed by atoms with Gasteiger partial charge in [0.1, 0.15) is 6.04 Å². The minimum atomic E-state index is -0.630. The fourth-order valence-corrected chi connectivity index (χ4v) is 1.66. The lowest BCUT2D eigenvalue weighted by molar-refractivity contribution is -0.144. The maximum atomic E-state index is 11.4. The van der Waals surface area contributed by atoms with Gasteiger partial charge in [-0.3, -0.25) is 4.79 Å². The minimum absolute atomic E-state index is 0.245. The predicted octanol–water partition coefficient (Wildman–Crippen LogP) is 0.0704. The highest BCUT2D eigenvalue weighted by Gasteiger charge is 2.21. The molecule has 0 bridgehead atoms. The van der Waals surface area contributed by atoms with Crippen LogP contribution in [0.5, 0.6) is 0 Å². The number of hydrogen-bond acceptors (Lipinski definition) is 5. The van der Waals surface area contributed by atoms with Gasteiger partial charge < -0.3 is 20.1 Å². The summed E-state index contributed by atoms with van der Waals surface area (Å²) in [7, 11) is 1.31. The first-order valence-corrected chi connectivity index (χ1v) is 6.77. The highest BCUT2D eigenvalue weighted by atomic mass is 16.5. The summed E-state index contributed by atoms with van der Waals surface area (Å²) in [6.07, 6.45) is 3.49. The van der Waals surface area contributed by atoms with Gasteiger partial charge in [0.25, 0.3) is 0 Å². The quantitative estimate of drug-likeness (QED) is 0.435. The van der Waals surface area contributed by atoms with Gasteiger partial charge in [0, 0.05) is 26.7 Å². The first-order valence-electron chi connectivity index (χ1n) is 6.77. The van der Waals surface area contributed by atoms with Crippen LogP contribution in [0.3, 0.4) is 0 Å². The number of esters is 1. The number of nitrogens with one attached hydrogen (secondary N) is 2. The second-order valence-electron chi connectivity index (χ2n) is 4.85. The molecule has 0 aromatic rings. The predicted molar refractivity (Wildman–Crippen MR) is 70.7 cm³/mol. The van der Waals surface area contributed by atoms with Gasteiger partial charge in [0.15, 0.2) is 0 Å². The Morgan fingerprint density at radius 1 is 1.37 bits per heavy atom. The number of carbonyl (C=O) groups excluding carboxylic acids is 2. The summed E-state index contributed by atoms with van der Waals surface area (Å²) in [5.41, 5.74) is 0. The Morgan fingerprint density at radius 3 is 2.68 bits per heavy atom. The van der Waals surface area contributed by atoms with Crippen LogP contribution in [0.2, 0.25) is 0 Å². The second kappa shape index (κ2) is 8.87. The van der Waals surface area contributed by atoms with Gasteiger partial charge in [0.2, 0.25) is 5.91 Å². The fraction of sp³-hybridized carbons (Fsp3) is 0.846. The second-order valence-corrected chi connectivity index (χ2v) is 4.85. The third-order valence-corrected chi connectivity index (χ3v) is 2.90. The topological polar surface area (TPSA) is 76.7 Å². The molecule has 1 atom stereocenters. The van der Waals surface area contributed by atoms with Crippen molar-refractivity contribution in [2.45, 2.75) is 32.2 Å². The van der Waals surface area contributed by atoms with Crippen molar-refractivity contribution < 1.29 is 19.1 Å². The van der Waals surface area contributed by atoms with Gasteiger partial charge in [-0.05, 0) is 31.7 Å². The summed E-state index contributed by atoms with van der Waals surface area (Å²) >= 11 is 0. The van der Waals surface area contributed by atoms with Crippen molar-refractivity contribution in [2.24, 2.45) is 5.92 Å². The molecule has 2 N–H and O–H groups in total. The molecular weight excluding hydrogens is 248 g/mol. The summed E-state index contributed by atoms with van der Waals surface area (Å²) < 4.78 is 10.1. The zero-order valence-corrected chi connectivity index (χ0v) is 11.7. The summed E-state index contributed by atoms with van der Waals surface area (Å²) in [5.74, 6) is 0.106. The third kappa shape index (κ3) is 7.79. The van der Waals surface area contributed by atoms with Crippen molar-refractivity contribution in [1.29, 1.82) is 0 Å². The first-order chi connectivity index (χ1) is 9.13. The number of ether oxygens (including phenoxy) is 2. The van der Waals surface area contributed by atoms with Crippen LogP contribution in [-0.4, -0.2) is 51.3 Å². The standard InChI is InChI=1S/C13H24N2O4/c1-10(16)15-12(13(17)18-2)8-14-6-3-7-19-9-11-4-5-11/h11-12,14H,3-9H2,1-2H3,(H,15,16). The molecule has 1 unspecified atom stereocenters. The zero-order valence-electron chi connectivity index (χ0n) is 11.7. The summed E-state index contributed by atoms with van der Waals surface area (Å²) in [6, 6.07) is -0.630. The van der Waals surface area contributed by atoms with Crippen molar-refractivity contribution in [3.8, 4) is 0 Å². The van der Waals surface area contributed by atoms with Gasteiger partial charge >= 0.3 is 5.97 Å². The molecule has 0 aromatic carbocycles. The third-order valence-electron chi connectivity index (χ3n) is 2.90. The summed E-state index contributed by atoms with van der Waals surface area (Å²) in [5, 5.41) is 5.66. The van der Waals surface area contributed by atoms with Crippen LogP contribution in [0, 0.1) is 5.92 Å². The maximum Gasteiger partial charge on any atom is 0.329 e. The van der Waals surface area contributed by atoms with Crippen LogP contribution in [0.25, 0.3) is 0 Å². The van der Waals surface area contributed by atoms with Crippen molar-refractivity contribution in [1.82, 2.24) is 10.6 Å². The maximum absolute atomic E-state index is 11.4. The number of methoxy groups -OCH3 is 1. The van der Waals surface area contributed by atoms with Gasteiger partial charge in [-0.1, -0.05) is 0 Å². The van der Waals surface area contributed by atoms with E-state index in [1.807, 2.05) is 0 Å². The van der Waals surface area contributed by atoms with E-state index < -0.39 is 12.0 Å². The van der Waals surface area contributed by atoms with Crippen LogP contribution in [0.4, 0.5) is 0 Å². The molecule has 0 saturated heterocycles. The minimum Gasteiger partial charge on any atom is -0.467 e. The molecule has 1 rings (SSSR count). The Balaban J connectivity index is 2.02. The molecule has 6 nitrogen and oxygen atoms in total. The molecule has 1 saturated carbocycles. The molecule has 1 amide bonds. The molecule has 1 aliphatic carbocycles. The molecule has 19 heavy (non-hydrogen) atoms. The van der Waals surface area contributed by atoms with Crippen LogP contribution >= 0.6 is 0 Å². The molecular formula is C13H24N2O4. The molecule has 0 aromatic heterocycles. The molecule has 110 valence electrons. The van der Waals surface area contributed by atoms with Crippen molar-refractivity contribution in [3.05, 3.63) is 0 Å². The lowest BCUT2D eigenvalue weighted by Gasteiger charge is -2.16. The monoisotopic (exact) mass is 272 g/mol. The van der Waals surface area contributed by atoms with E-state index >= 15 is 0 Å². The SMILES string of the molecule is COC(=O)C(CNCCCOCC1CC1)NC(C)=O. The number of hydrogen-bond donors (Lipinski definition) is 2. The number of rotatable bonds is 10. The highest BCUT2D eigenvalue weighted by Crippen LogP contribution is 2.28. The molecule has 0 heterocycles. The van der Waals surface area contributed by atoms with E-state index in [4.69, 9.17) is 4.74 Å². The largest absolute Gasteiger partial charge is 0.467 e. The molecule has 6 heteroatoms. The van der Waals surface area contributed by atoms with Crippen molar-refractivity contribution in [2.75, 3.05) is 33.4 Å². The highest BCUT2D eigenvalue weighted by molar-refractivity contribution is 5.83. The average molecular weight is 272 g/mol. The van der Waals surface area contributed by atoms with Crippen LogP contribution in [0.1, 0.15) is 26.2 Å². The van der Waals surface area contributed by atoms with Crippen LogP contribution < -0.4 is 10.6 Å². The van der Waals surface area contributed by atoms with Crippen LogP contribution in [-0.2, 0) is 19.1 Å². The van der Waals surface area contributed by atoms with Crippen molar-refractivity contribution in [3.63, 3.8) is 0 Å². The van der Waals surface area contributed by atoms with E-state index in [1.165, 1.54) is 26.9 Å². The molecule has 0 aliphatic heterocycles. The van der Waals surface area contributed by atoms with Gasteiger partial charge in [-0.15, -0.1) is 0 Å². The van der Waals surface area contributed by atoms with E-state index in [2.05, 4.69) is 15.4 Å². The van der Waals surface area contributed by atoms with E-state index in [0.29, 0.717) is 6.54 Å². The van der Waals surface area contributed by atoms with Gasteiger partial charge in [-0.25, -0.2) is 4.79 Å². The average Bonchev–Trinajstić information content (AvgIpc) is 3.18. The normalized spacial score (nSPS) is 15.9. The lowest BCUT2D eigenvalue weighted by Crippen LogP contribution is -2.47. The number of amides is 1. The zero-order chi connectivity index (χ0) is 14.1. The van der Waals surface area contributed by atoms with E-state index in [1.54, 1.807) is 0 Å². The summed E-state index contributed by atoms with van der Waals surface area (Å²) in [4.78, 5) is 22.3. The number of carbonyl (C=O) groups is 2. The molecule has 0 spiro atoms. The lowest BCUT2D eigenvalue weighted by atomic mass is 10.3. The Labute approximate surface area is 114 Å². The van der Waals surface area contributed by atoms with Crippen LogP contribution in [0.15, 0.2) is 0 Å². The Morgan fingerprint density at radius 2 is 2.11 bits per heavy atom. The molecule has 1 fully saturated rings. The van der Waals surface area contributed by atoms with Gasteiger partial charge in [-0.2, -0.15) is 0 Å². The van der Waals surface area contributed by atoms with Crippen molar-refractivity contribution >= 4 is 11.9 Å². The summed E-state index contributed by atoms with van der Waals surface area (Å²) in [6.45, 7) is 4.09. The Kier molecular flexibility index (Phi) is 7.43. The fourth-order valence-electron chi connectivity index (χ4n) is 1.66.